The lowest BCUT2D eigenvalue weighted by atomic mass is 9.88. The van der Waals surface area contributed by atoms with Crippen LogP contribution in [0.4, 0.5) is 68.2 Å². The summed E-state index contributed by atoms with van der Waals surface area (Å²) in [4.78, 5) is 10.1. The minimum Gasteiger partial charge on any atom is -0.310 e. The molecule has 0 aromatic heterocycles. The molecule has 12 rings (SSSR count). The molecule has 0 bridgehead atoms. The molecule has 12 aromatic carbocycles. The Kier molecular flexibility index (Phi) is 13.2. The lowest BCUT2D eigenvalue weighted by Gasteiger charge is -2.35. The topological polar surface area (TPSA) is 13.0 Å². The summed E-state index contributed by atoms with van der Waals surface area (Å²) in [7, 11) is 0. The van der Waals surface area contributed by atoms with E-state index in [1.807, 2.05) is 0 Å². The molecule has 0 aliphatic carbocycles. The molecule has 0 atom stereocenters. The Morgan fingerprint density at radius 2 is 0.408 bits per heavy atom. The molecular formula is C72H62N4. The lowest BCUT2D eigenvalue weighted by molar-refractivity contribution is 1.11. The van der Waals surface area contributed by atoms with Crippen LogP contribution >= 0.6 is 0 Å². The summed E-state index contributed by atoms with van der Waals surface area (Å²) < 4.78 is 0. The molecule has 0 N–H and O–H groups in total. The van der Waals surface area contributed by atoms with Crippen LogP contribution in [0, 0.1) is 0 Å². The molecule has 0 saturated heterocycles. The molecule has 0 aliphatic heterocycles. The molecule has 4 nitrogen and oxygen atoms in total. The van der Waals surface area contributed by atoms with E-state index in [2.05, 4.69) is 302 Å². The highest BCUT2D eigenvalue weighted by molar-refractivity contribution is 6.33. The second kappa shape index (κ2) is 21.0. The largest absolute Gasteiger partial charge is 0.310 e. The molecule has 0 amide bonds. The highest BCUT2D eigenvalue weighted by atomic mass is 15.2. The second-order valence-electron chi connectivity index (χ2n) is 19.5. The van der Waals surface area contributed by atoms with E-state index in [0.717, 1.165) is 93.9 Å². The van der Waals surface area contributed by atoms with Crippen molar-refractivity contribution in [2.45, 2.75) is 53.4 Å². The monoisotopic (exact) mass is 982 g/mol. The van der Waals surface area contributed by atoms with Gasteiger partial charge in [0.2, 0.25) is 0 Å². The van der Waals surface area contributed by atoms with Crippen LogP contribution in [-0.4, -0.2) is 0 Å². The number of anilines is 12. The molecule has 0 aliphatic rings. The van der Waals surface area contributed by atoms with E-state index in [1.54, 1.807) is 0 Å². The van der Waals surface area contributed by atoms with E-state index in [4.69, 9.17) is 0 Å². The number of nitrogens with zero attached hydrogens (tertiary/aromatic N) is 4. The molecule has 0 unspecified atom stereocenters. The number of aryl methyl sites for hydroxylation is 4. The van der Waals surface area contributed by atoms with E-state index in [0.29, 0.717) is 0 Å². The van der Waals surface area contributed by atoms with Gasteiger partial charge in [-0.2, -0.15) is 0 Å². The maximum atomic E-state index is 2.52. The second-order valence-corrected chi connectivity index (χ2v) is 19.5. The summed E-state index contributed by atoms with van der Waals surface area (Å²) in [5.41, 5.74) is 18.6. The molecule has 0 spiro atoms. The third-order valence-electron chi connectivity index (χ3n) is 15.3. The Hall–Kier alpha value is -9.12. The smallest absolute Gasteiger partial charge is 0.0561 e. The van der Waals surface area contributed by atoms with Crippen molar-refractivity contribution in [3.63, 3.8) is 0 Å². The van der Waals surface area contributed by atoms with Crippen molar-refractivity contribution in [1.82, 2.24) is 0 Å². The van der Waals surface area contributed by atoms with Gasteiger partial charge >= 0.3 is 0 Å². The highest BCUT2D eigenvalue weighted by Crippen LogP contribution is 2.55. The first-order chi connectivity index (χ1) is 37.6. The van der Waals surface area contributed by atoms with Crippen molar-refractivity contribution >= 4 is 101 Å². The van der Waals surface area contributed by atoms with Gasteiger partial charge in [-0.1, -0.05) is 198 Å². The van der Waals surface area contributed by atoms with Crippen molar-refractivity contribution < 1.29 is 0 Å². The van der Waals surface area contributed by atoms with Gasteiger partial charge < -0.3 is 19.6 Å². The number of para-hydroxylation sites is 8. The molecule has 0 saturated carbocycles. The summed E-state index contributed by atoms with van der Waals surface area (Å²) in [6, 6.07) is 94.3. The van der Waals surface area contributed by atoms with Crippen molar-refractivity contribution in [2.75, 3.05) is 19.6 Å². The predicted octanol–water partition coefficient (Wildman–Crippen LogP) is 20.7. The number of hydrogen-bond donors (Lipinski definition) is 0. The molecule has 4 heteroatoms. The molecule has 0 fully saturated rings. The average Bonchev–Trinajstić information content (AvgIpc) is 3.67. The zero-order chi connectivity index (χ0) is 51.5. The first-order valence-corrected chi connectivity index (χ1v) is 27.1. The van der Waals surface area contributed by atoms with Gasteiger partial charge in [-0.05, 0) is 133 Å². The summed E-state index contributed by atoms with van der Waals surface area (Å²) >= 11 is 0. The average molecular weight is 983 g/mol. The summed E-state index contributed by atoms with van der Waals surface area (Å²) in [5.74, 6) is 0. The van der Waals surface area contributed by atoms with Crippen LogP contribution in [0.5, 0.6) is 0 Å². The van der Waals surface area contributed by atoms with Gasteiger partial charge in [0.25, 0.3) is 0 Å². The van der Waals surface area contributed by atoms with Crippen LogP contribution in [0.1, 0.15) is 49.9 Å². The molecule has 0 radical (unpaired) electrons. The van der Waals surface area contributed by atoms with Crippen molar-refractivity contribution in [1.29, 1.82) is 0 Å². The summed E-state index contributed by atoms with van der Waals surface area (Å²) in [6.07, 6.45) is 3.53. The third-order valence-corrected chi connectivity index (χ3v) is 15.3. The van der Waals surface area contributed by atoms with Crippen LogP contribution in [0.2, 0.25) is 0 Å². The fraction of sp³-hybridized carbons (Fsp3) is 0.111. The van der Waals surface area contributed by atoms with E-state index in [9.17, 15) is 0 Å². The Labute approximate surface area is 448 Å². The van der Waals surface area contributed by atoms with Gasteiger partial charge in [0.15, 0.2) is 0 Å². The first kappa shape index (κ1) is 47.9. The molecule has 76 heavy (non-hydrogen) atoms. The SMILES string of the molecule is CCc1ccccc1N(c1ccccc1)c1cc(N(c2ccccc2)c2ccccc2CC)c2ccc3c(N(c4ccccc4)c4ccccc4CC)cc(N(c4ccccc4)c4ccccc4CC)c4ccc1c2c43. The van der Waals surface area contributed by atoms with Crippen molar-refractivity contribution in [3.05, 3.63) is 277 Å². The van der Waals surface area contributed by atoms with E-state index >= 15 is 0 Å². The molecular weight excluding hydrogens is 921 g/mol. The molecule has 0 heterocycles. The fourth-order valence-corrected chi connectivity index (χ4v) is 11.7. The Morgan fingerprint density at radius 1 is 0.211 bits per heavy atom. The Morgan fingerprint density at radius 3 is 0.618 bits per heavy atom. The number of benzene rings is 12. The fourth-order valence-electron chi connectivity index (χ4n) is 11.7. The van der Waals surface area contributed by atoms with Gasteiger partial charge in [0.05, 0.1) is 22.7 Å². The highest BCUT2D eigenvalue weighted by Gasteiger charge is 2.30. The van der Waals surface area contributed by atoms with Gasteiger partial charge in [0.1, 0.15) is 0 Å². The van der Waals surface area contributed by atoms with Crippen LogP contribution < -0.4 is 19.6 Å². The Bertz CT molecular complexity index is 3440. The minimum atomic E-state index is 0.883. The van der Waals surface area contributed by atoms with E-state index in [-0.39, 0.29) is 0 Å². The standard InChI is InChI=1S/C72H62N4/c1-5-51-29-21-25-41-63(51)73(55-33-13-9-14-34-55)67-49-68(74(56-35-15-10-16-36-56)64-42-26-22-30-52(64)6-2)60-47-48-62-70(76(58-39-19-12-20-40-58)66-44-28-24-32-54(66)8-4)50-69(61-46-45-59(67)71(60)72(61)62)75(57-37-17-11-18-38-57)65-43-27-23-31-53(65)7-3/h9-50H,5-8H2,1-4H3. The van der Waals surface area contributed by atoms with Gasteiger partial charge in [-0.25, -0.2) is 0 Å². The van der Waals surface area contributed by atoms with Crippen LogP contribution in [0.25, 0.3) is 32.3 Å². The first-order valence-electron chi connectivity index (χ1n) is 27.1. The summed E-state index contributed by atoms with van der Waals surface area (Å²) in [5, 5.41) is 7.12. The number of rotatable bonds is 16. The predicted molar refractivity (Wildman–Crippen MR) is 326 cm³/mol. The van der Waals surface area contributed by atoms with Crippen LogP contribution in [0.3, 0.4) is 0 Å². The van der Waals surface area contributed by atoms with E-state index in [1.165, 1.54) is 54.6 Å². The lowest BCUT2D eigenvalue weighted by Crippen LogP contribution is -2.17. The number of hydrogen-bond acceptors (Lipinski definition) is 4. The molecule has 12 aromatic rings. The van der Waals surface area contributed by atoms with E-state index < -0.39 is 0 Å². The third kappa shape index (κ3) is 8.46. The minimum absolute atomic E-state index is 0.883. The Balaban J connectivity index is 1.32. The van der Waals surface area contributed by atoms with Gasteiger partial charge in [-0.15, -0.1) is 0 Å². The maximum absolute atomic E-state index is 2.52. The molecule has 370 valence electrons. The van der Waals surface area contributed by atoms with Gasteiger partial charge in [0, 0.05) is 77.8 Å². The van der Waals surface area contributed by atoms with Crippen molar-refractivity contribution in [3.8, 4) is 0 Å². The quantitative estimate of drug-likeness (QED) is 0.0895. The summed E-state index contributed by atoms with van der Waals surface area (Å²) in [6.45, 7) is 9.07. The van der Waals surface area contributed by atoms with Crippen LogP contribution in [-0.2, 0) is 25.7 Å². The normalized spacial score (nSPS) is 11.4. The maximum Gasteiger partial charge on any atom is 0.0561 e. The van der Waals surface area contributed by atoms with Gasteiger partial charge in [-0.3, -0.25) is 0 Å². The van der Waals surface area contributed by atoms with Crippen molar-refractivity contribution in [2.24, 2.45) is 0 Å². The van der Waals surface area contributed by atoms with Crippen LogP contribution in [0.15, 0.2) is 255 Å². The zero-order valence-electron chi connectivity index (χ0n) is 43.9. The zero-order valence-corrected chi connectivity index (χ0v) is 43.9.